The lowest BCUT2D eigenvalue weighted by Crippen LogP contribution is -2.17. The van der Waals surface area contributed by atoms with Gasteiger partial charge in [-0.3, -0.25) is 0 Å². The molecule has 2 aromatic rings. The van der Waals surface area contributed by atoms with Gasteiger partial charge in [-0.2, -0.15) is 4.98 Å². The van der Waals surface area contributed by atoms with Crippen molar-refractivity contribution in [2.75, 3.05) is 11.5 Å². The highest BCUT2D eigenvalue weighted by Crippen LogP contribution is 2.53. The molecule has 0 spiro atoms. The Morgan fingerprint density at radius 1 is 1.00 bits per heavy atom. The Hall–Kier alpha value is -2.17. The minimum atomic E-state index is -0.0982. The van der Waals surface area contributed by atoms with Crippen molar-refractivity contribution in [2.24, 2.45) is 0 Å². The van der Waals surface area contributed by atoms with Gasteiger partial charge < -0.3 is 11.5 Å². The zero-order valence-corrected chi connectivity index (χ0v) is 9.30. The summed E-state index contributed by atoms with van der Waals surface area (Å²) in [5.74, 6) is 0.508. The summed E-state index contributed by atoms with van der Waals surface area (Å²) in [6, 6.07) is 10.2. The van der Waals surface area contributed by atoms with Crippen molar-refractivity contribution in [3.8, 4) is 0 Å². The fraction of sp³-hybridized carbons (Fsp3) is 0.250. The van der Waals surface area contributed by atoms with Crippen LogP contribution in [0.15, 0.2) is 30.3 Å². The highest BCUT2D eigenvalue weighted by atomic mass is 15.2. The van der Waals surface area contributed by atoms with E-state index in [2.05, 4.69) is 27.3 Å². The van der Waals surface area contributed by atoms with Crippen LogP contribution in [0.25, 0.3) is 0 Å². The van der Waals surface area contributed by atoms with E-state index in [1.165, 1.54) is 5.56 Å². The average molecular weight is 227 g/mol. The summed E-state index contributed by atoms with van der Waals surface area (Å²) in [6.07, 6.45) is 2.06. The molecule has 5 heteroatoms. The molecule has 0 saturated heterocycles. The van der Waals surface area contributed by atoms with Crippen molar-refractivity contribution in [3.05, 3.63) is 41.6 Å². The van der Waals surface area contributed by atoms with Gasteiger partial charge in [-0.15, -0.1) is 10.2 Å². The number of nitrogens with zero attached hydrogens (tertiary/aromatic N) is 3. The molecule has 1 saturated carbocycles. The molecule has 17 heavy (non-hydrogen) atoms. The van der Waals surface area contributed by atoms with E-state index in [0.29, 0.717) is 5.82 Å². The maximum absolute atomic E-state index is 5.89. The number of hydrogen-bond donors (Lipinski definition) is 2. The SMILES string of the molecule is Nc1nnc(C2(c3ccccc3)CC2)c(N)n1. The molecule has 86 valence electrons. The summed E-state index contributed by atoms with van der Waals surface area (Å²) in [5.41, 5.74) is 13.2. The molecule has 1 heterocycles. The normalized spacial score (nSPS) is 16.7. The smallest absolute Gasteiger partial charge is 0.242 e. The summed E-state index contributed by atoms with van der Waals surface area (Å²) < 4.78 is 0. The predicted octanol–water partition coefficient (Wildman–Crippen LogP) is 1.12. The number of anilines is 2. The summed E-state index contributed by atoms with van der Waals surface area (Å²) in [4.78, 5) is 3.99. The monoisotopic (exact) mass is 227 g/mol. The van der Waals surface area contributed by atoms with E-state index in [4.69, 9.17) is 11.5 Å². The van der Waals surface area contributed by atoms with Gasteiger partial charge in [0.2, 0.25) is 5.95 Å². The van der Waals surface area contributed by atoms with E-state index in [-0.39, 0.29) is 11.4 Å². The van der Waals surface area contributed by atoms with Gasteiger partial charge in [-0.25, -0.2) is 0 Å². The molecule has 4 N–H and O–H groups in total. The molecule has 1 aliphatic carbocycles. The third-order valence-corrected chi connectivity index (χ3v) is 3.26. The van der Waals surface area contributed by atoms with E-state index < -0.39 is 0 Å². The quantitative estimate of drug-likeness (QED) is 0.802. The number of aromatic nitrogens is 3. The molecule has 0 bridgehead atoms. The third kappa shape index (κ3) is 1.51. The van der Waals surface area contributed by atoms with Gasteiger partial charge in [0.25, 0.3) is 0 Å². The van der Waals surface area contributed by atoms with E-state index in [0.717, 1.165) is 18.5 Å². The lowest BCUT2D eigenvalue weighted by atomic mass is 9.92. The molecule has 5 nitrogen and oxygen atoms in total. The molecule has 1 aromatic heterocycles. The summed E-state index contributed by atoms with van der Waals surface area (Å²) in [5, 5.41) is 7.93. The third-order valence-electron chi connectivity index (χ3n) is 3.26. The number of nitrogen functional groups attached to an aromatic ring is 2. The molecule has 0 aliphatic heterocycles. The van der Waals surface area contributed by atoms with Crippen LogP contribution in [0.2, 0.25) is 0 Å². The van der Waals surface area contributed by atoms with Gasteiger partial charge in [0.05, 0.1) is 0 Å². The molecule has 0 unspecified atom stereocenters. The number of benzene rings is 1. The fourth-order valence-electron chi connectivity index (χ4n) is 2.24. The van der Waals surface area contributed by atoms with Crippen molar-refractivity contribution < 1.29 is 0 Å². The van der Waals surface area contributed by atoms with E-state index >= 15 is 0 Å². The lowest BCUT2D eigenvalue weighted by molar-refractivity contribution is 0.761. The van der Waals surface area contributed by atoms with Gasteiger partial charge in [-0.1, -0.05) is 30.3 Å². The molecule has 3 rings (SSSR count). The zero-order chi connectivity index (χ0) is 11.9. The molecule has 0 amide bonds. The van der Waals surface area contributed by atoms with Gasteiger partial charge in [0.15, 0.2) is 5.82 Å². The maximum Gasteiger partial charge on any atom is 0.242 e. The Morgan fingerprint density at radius 2 is 1.71 bits per heavy atom. The van der Waals surface area contributed by atoms with Crippen LogP contribution < -0.4 is 11.5 Å². The highest BCUT2D eigenvalue weighted by Gasteiger charge is 2.49. The standard InChI is InChI=1S/C12H13N5/c13-10-9(16-17-11(14)15-10)12(6-7-12)8-4-2-1-3-5-8/h1-5H,6-7H2,(H4,13,14,15,17). The Morgan fingerprint density at radius 3 is 2.29 bits per heavy atom. The zero-order valence-electron chi connectivity index (χ0n) is 9.30. The Balaban J connectivity index is 2.10. The van der Waals surface area contributed by atoms with Crippen molar-refractivity contribution in [1.29, 1.82) is 0 Å². The van der Waals surface area contributed by atoms with Crippen LogP contribution in [0.3, 0.4) is 0 Å². The van der Waals surface area contributed by atoms with Gasteiger partial charge in [-0.05, 0) is 18.4 Å². The van der Waals surface area contributed by atoms with Crippen molar-refractivity contribution in [2.45, 2.75) is 18.3 Å². The van der Waals surface area contributed by atoms with Crippen LogP contribution in [0.5, 0.6) is 0 Å². The Labute approximate surface area is 98.9 Å². The van der Waals surface area contributed by atoms with Gasteiger partial charge in [0, 0.05) is 5.41 Å². The second-order valence-corrected chi connectivity index (χ2v) is 4.35. The fourth-order valence-corrected chi connectivity index (χ4v) is 2.24. The molecular weight excluding hydrogens is 214 g/mol. The first-order valence-corrected chi connectivity index (χ1v) is 5.54. The predicted molar refractivity (Wildman–Crippen MR) is 65.1 cm³/mol. The van der Waals surface area contributed by atoms with Crippen molar-refractivity contribution >= 4 is 11.8 Å². The van der Waals surface area contributed by atoms with Crippen LogP contribution in [0.1, 0.15) is 24.1 Å². The molecule has 0 radical (unpaired) electrons. The highest BCUT2D eigenvalue weighted by molar-refractivity contribution is 5.51. The molecule has 0 atom stereocenters. The second-order valence-electron chi connectivity index (χ2n) is 4.35. The van der Waals surface area contributed by atoms with Crippen LogP contribution in [-0.4, -0.2) is 15.2 Å². The number of hydrogen-bond acceptors (Lipinski definition) is 5. The first-order valence-electron chi connectivity index (χ1n) is 5.54. The Kier molecular flexibility index (Phi) is 2.01. The van der Waals surface area contributed by atoms with Crippen LogP contribution >= 0.6 is 0 Å². The largest absolute Gasteiger partial charge is 0.382 e. The topological polar surface area (TPSA) is 90.7 Å². The molecule has 1 aliphatic rings. The van der Waals surface area contributed by atoms with Crippen molar-refractivity contribution in [1.82, 2.24) is 15.2 Å². The van der Waals surface area contributed by atoms with E-state index in [1.807, 2.05) is 18.2 Å². The molecule has 1 aromatic carbocycles. The second kappa shape index (κ2) is 3.41. The van der Waals surface area contributed by atoms with Crippen LogP contribution in [-0.2, 0) is 5.41 Å². The average Bonchev–Trinajstić information content (AvgIpc) is 3.11. The van der Waals surface area contributed by atoms with Crippen LogP contribution in [0.4, 0.5) is 11.8 Å². The molecular formula is C12H13N5. The molecule has 1 fully saturated rings. The summed E-state index contributed by atoms with van der Waals surface area (Å²) in [7, 11) is 0. The van der Waals surface area contributed by atoms with E-state index in [9.17, 15) is 0 Å². The van der Waals surface area contributed by atoms with E-state index in [1.54, 1.807) is 0 Å². The minimum absolute atomic E-state index is 0.0982. The minimum Gasteiger partial charge on any atom is -0.382 e. The van der Waals surface area contributed by atoms with Crippen LogP contribution in [0, 0.1) is 0 Å². The number of nitrogens with two attached hydrogens (primary N) is 2. The van der Waals surface area contributed by atoms with Crippen molar-refractivity contribution in [3.63, 3.8) is 0 Å². The number of rotatable bonds is 2. The van der Waals surface area contributed by atoms with Gasteiger partial charge >= 0.3 is 0 Å². The Bertz CT molecular complexity index is 548. The first kappa shape index (κ1) is 10.0. The maximum atomic E-state index is 5.89. The van der Waals surface area contributed by atoms with Gasteiger partial charge in [0.1, 0.15) is 5.69 Å². The summed E-state index contributed by atoms with van der Waals surface area (Å²) in [6.45, 7) is 0. The lowest BCUT2D eigenvalue weighted by Gasteiger charge is -2.15. The first-order chi connectivity index (χ1) is 8.22. The summed E-state index contributed by atoms with van der Waals surface area (Å²) >= 11 is 0.